The molecule has 0 unspecified atom stereocenters. The van der Waals surface area contributed by atoms with Crippen LogP contribution in [0.15, 0.2) is 4.99 Å². The molecule has 0 aromatic rings. The van der Waals surface area contributed by atoms with Gasteiger partial charge < -0.3 is 10.6 Å². The first-order chi connectivity index (χ1) is 8.34. The lowest BCUT2D eigenvalue weighted by atomic mass is 10.2. The third-order valence-corrected chi connectivity index (χ3v) is 3.23. The molecule has 1 fully saturated rings. The molecule has 2 rings (SSSR count). The van der Waals surface area contributed by atoms with Crippen molar-refractivity contribution in [1.29, 1.82) is 0 Å². The third-order valence-electron chi connectivity index (χ3n) is 3.23. The molecule has 0 saturated heterocycles. The van der Waals surface area contributed by atoms with E-state index >= 15 is 0 Å². The van der Waals surface area contributed by atoms with Crippen LogP contribution in [0.2, 0.25) is 0 Å². The van der Waals surface area contributed by atoms with Crippen molar-refractivity contribution in [3.63, 3.8) is 0 Å². The summed E-state index contributed by atoms with van der Waals surface area (Å²) in [4.78, 5) is 15.9. The van der Waals surface area contributed by atoms with Crippen molar-refractivity contribution >= 4 is 11.7 Å². The Morgan fingerprint density at radius 2 is 2.18 bits per heavy atom. The van der Waals surface area contributed by atoms with Gasteiger partial charge in [-0.3, -0.25) is 9.79 Å². The molecule has 2 N–H and O–H groups in total. The maximum atomic E-state index is 11.4. The molecule has 2 aliphatic rings. The molecule has 1 aliphatic carbocycles. The summed E-state index contributed by atoms with van der Waals surface area (Å²) in [6.45, 7) is 1.83. The van der Waals surface area contributed by atoms with Gasteiger partial charge in [0.25, 0.3) is 0 Å². The fourth-order valence-electron chi connectivity index (χ4n) is 2.03. The second-order valence-corrected chi connectivity index (χ2v) is 5.01. The highest BCUT2D eigenvalue weighted by Gasteiger charge is 2.22. The van der Waals surface area contributed by atoms with Crippen LogP contribution in [-0.2, 0) is 4.79 Å². The molecular formula is C13H23N3O. The standard InChI is InChI=1S/C13H23N3O/c17-13(16-11-7-8-11)6-4-10-15-12-5-2-1-3-9-14-12/h11H,1-10H2,(H,14,15)(H,16,17). The molecule has 4 nitrogen and oxygen atoms in total. The van der Waals surface area contributed by atoms with Crippen molar-refractivity contribution in [2.45, 2.75) is 57.4 Å². The van der Waals surface area contributed by atoms with E-state index in [2.05, 4.69) is 15.6 Å². The average Bonchev–Trinajstić information content (AvgIpc) is 3.11. The normalized spacial score (nSPS) is 20.4. The number of carbonyl (C=O) groups is 1. The summed E-state index contributed by atoms with van der Waals surface area (Å²) in [5, 5.41) is 6.36. The van der Waals surface area contributed by atoms with Crippen LogP contribution in [-0.4, -0.2) is 30.9 Å². The molecule has 4 heteroatoms. The van der Waals surface area contributed by atoms with Crippen LogP contribution in [0.25, 0.3) is 0 Å². The molecule has 1 amide bonds. The van der Waals surface area contributed by atoms with Gasteiger partial charge >= 0.3 is 0 Å². The van der Waals surface area contributed by atoms with Gasteiger partial charge in [0.05, 0.1) is 5.84 Å². The molecule has 1 saturated carbocycles. The van der Waals surface area contributed by atoms with Crippen molar-refractivity contribution in [3.8, 4) is 0 Å². The lowest BCUT2D eigenvalue weighted by molar-refractivity contribution is -0.121. The van der Waals surface area contributed by atoms with E-state index < -0.39 is 0 Å². The monoisotopic (exact) mass is 237 g/mol. The van der Waals surface area contributed by atoms with Gasteiger partial charge in [0.1, 0.15) is 0 Å². The third kappa shape index (κ3) is 5.20. The van der Waals surface area contributed by atoms with Gasteiger partial charge in [-0.1, -0.05) is 6.42 Å². The topological polar surface area (TPSA) is 53.5 Å². The van der Waals surface area contributed by atoms with Crippen LogP contribution in [0.1, 0.15) is 51.4 Å². The van der Waals surface area contributed by atoms with E-state index in [1.54, 1.807) is 0 Å². The first-order valence-corrected chi connectivity index (χ1v) is 6.91. The highest BCUT2D eigenvalue weighted by molar-refractivity contribution is 5.82. The number of hydrogen-bond donors (Lipinski definition) is 2. The number of nitrogens with one attached hydrogen (secondary N) is 2. The minimum atomic E-state index is 0.206. The molecule has 0 radical (unpaired) electrons. The van der Waals surface area contributed by atoms with E-state index in [4.69, 9.17) is 0 Å². The molecule has 0 atom stereocenters. The quantitative estimate of drug-likeness (QED) is 0.714. The Morgan fingerprint density at radius 1 is 1.29 bits per heavy atom. The highest BCUT2D eigenvalue weighted by atomic mass is 16.1. The SMILES string of the molecule is O=C(CCCNC1=NCCCCC1)NC1CC1. The van der Waals surface area contributed by atoms with Crippen molar-refractivity contribution in [2.75, 3.05) is 13.1 Å². The van der Waals surface area contributed by atoms with Gasteiger partial charge in [0, 0.05) is 32.0 Å². The number of aliphatic imine (C=N–C) groups is 1. The second-order valence-electron chi connectivity index (χ2n) is 5.01. The lowest BCUT2D eigenvalue weighted by Crippen LogP contribution is -2.28. The van der Waals surface area contributed by atoms with Crippen LogP contribution in [0.5, 0.6) is 0 Å². The highest BCUT2D eigenvalue weighted by Crippen LogP contribution is 2.18. The first-order valence-electron chi connectivity index (χ1n) is 6.91. The Bertz CT molecular complexity index is 284. The van der Waals surface area contributed by atoms with Crippen molar-refractivity contribution in [1.82, 2.24) is 10.6 Å². The predicted octanol–water partition coefficient (Wildman–Crippen LogP) is 1.61. The Balaban J connectivity index is 1.52. The number of carbonyl (C=O) groups excluding carboxylic acids is 1. The van der Waals surface area contributed by atoms with Gasteiger partial charge in [0.2, 0.25) is 5.91 Å². The number of amides is 1. The van der Waals surface area contributed by atoms with E-state index in [9.17, 15) is 4.79 Å². The van der Waals surface area contributed by atoms with Gasteiger partial charge in [-0.15, -0.1) is 0 Å². The molecule has 1 heterocycles. The molecule has 17 heavy (non-hydrogen) atoms. The lowest BCUT2D eigenvalue weighted by Gasteiger charge is -2.08. The molecule has 0 bridgehead atoms. The maximum Gasteiger partial charge on any atom is 0.220 e. The molecule has 1 aliphatic heterocycles. The maximum absolute atomic E-state index is 11.4. The number of hydrogen-bond acceptors (Lipinski definition) is 3. The number of rotatable bonds is 5. The summed E-state index contributed by atoms with van der Waals surface area (Å²) >= 11 is 0. The summed E-state index contributed by atoms with van der Waals surface area (Å²) < 4.78 is 0. The van der Waals surface area contributed by atoms with Crippen LogP contribution < -0.4 is 10.6 Å². The zero-order valence-corrected chi connectivity index (χ0v) is 10.5. The zero-order valence-electron chi connectivity index (χ0n) is 10.5. The van der Waals surface area contributed by atoms with Crippen LogP contribution in [0.4, 0.5) is 0 Å². The smallest absolute Gasteiger partial charge is 0.220 e. The Labute approximate surface area is 103 Å². The summed E-state index contributed by atoms with van der Waals surface area (Å²) in [6, 6.07) is 0.488. The summed E-state index contributed by atoms with van der Waals surface area (Å²) in [6.07, 6.45) is 8.70. The van der Waals surface area contributed by atoms with E-state index in [-0.39, 0.29) is 5.91 Å². The molecular weight excluding hydrogens is 214 g/mol. The van der Waals surface area contributed by atoms with Crippen molar-refractivity contribution in [2.24, 2.45) is 4.99 Å². The van der Waals surface area contributed by atoms with E-state index in [1.807, 2.05) is 0 Å². The van der Waals surface area contributed by atoms with Crippen molar-refractivity contribution < 1.29 is 4.79 Å². The fraction of sp³-hybridized carbons (Fsp3) is 0.846. The Hall–Kier alpha value is -1.06. The van der Waals surface area contributed by atoms with E-state index in [0.29, 0.717) is 12.5 Å². The molecule has 96 valence electrons. The fourth-order valence-corrected chi connectivity index (χ4v) is 2.03. The van der Waals surface area contributed by atoms with Gasteiger partial charge in [-0.05, 0) is 32.1 Å². The largest absolute Gasteiger partial charge is 0.374 e. The van der Waals surface area contributed by atoms with E-state index in [0.717, 1.165) is 31.8 Å². The van der Waals surface area contributed by atoms with Crippen LogP contribution >= 0.6 is 0 Å². The van der Waals surface area contributed by atoms with Gasteiger partial charge in [0.15, 0.2) is 0 Å². The molecule has 0 aromatic heterocycles. The first kappa shape index (κ1) is 12.4. The predicted molar refractivity (Wildman–Crippen MR) is 69.2 cm³/mol. The van der Waals surface area contributed by atoms with Crippen LogP contribution in [0.3, 0.4) is 0 Å². The minimum absolute atomic E-state index is 0.206. The van der Waals surface area contributed by atoms with Gasteiger partial charge in [-0.25, -0.2) is 0 Å². The Kier molecular flexibility index (Phi) is 4.83. The molecule has 0 aromatic carbocycles. The summed E-state index contributed by atoms with van der Waals surface area (Å²) in [7, 11) is 0. The van der Waals surface area contributed by atoms with Gasteiger partial charge in [-0.2, -0.15) is 0 Å². The molecule has 0 spiro atoms. The van der Waals surface area contributed by atoms with Crippen molar-refractivity contribution in [3.05, 3.63) is 0 Å². The zero-order chi connectivity index (χ0) is 11.9. The minimum Gasteiger partial charge on any atom is -0.374 e. The Morgan fingerprint density at radius 3 is 3.00 bits per heavy atom. The average molecular weight is 237 g/mol. The summed E-state index contributed by atoms with van der Waals surface area (Å²) in [5.41, 5.74) is 0. The second kappa shape index (κ2) is 6.62. The van der Waals surface area contributed by atoms with Crippen LogP contribution in [0, 0.1) is 0 Å². The number of amidine groups is 1. The van der Waals surface area contributed by atoms with E-state index in [1.165, 1.54) is 32.1 Å². The summed E-state index contributed by atoms with van der Waals surface area (Å²) in [5.74, 6) is 1.35. The number of nitrogens with zero attached hydrogens (tertiary/aromatic N) is 1.